The van der Waals surface area contributed by atoms with E-state index in [1.165, 1.54) is 18.0 Å². The van der Waals surface area contributed by atoms with Crippen molar-refractivity contribution < 1.29 is 24.2 Å². The number of rotatable bonds is 3. The van der Waals surface area contributed by atoms with Crippen LogP contribution in [0.3, 0.4) is 0 Å². The van der Waals surface area contributed by atoms with Crippen molar-refractivity contribution in [1.82, 2.24) is 10.2 Å². The van der Waals surface area contributed by atoms with E-state index in [1.807, 2.05) is 0 Å². The number of hydrogen-bond donors (Lipinski definition) is 2. The third kappa shape index (κ3) is 3.28. The third-order valence-electron chi connectivity index (χ3n) is 3.19. The number of H-pyrrole nitrogens is 1. The van der Waals surface area contributed by atoms with Gasteiger partial charge in [-0.15, -0.1) is 0 Å². The number of anilines is 1. The Hall–Kier alpha value is -1.93. The summed E-state index contributed by atoms with van der Waals surface area (Å²) in [5.41, 5.74) is -2.86. The predicted octanol–water partition coefficient (Wildman–Crippen LogP) is 0.234. The molecule has 0 aromatic carbocycles. The number of carbonyl (C=O) groups is 2. The minimum Gasteiger partial charge on any atom is -0.458 e. The van der Waals surface area contributed by atoms with Gasteiger partial charge < -0.3 is 14.6 Å². The molecule has 1 aromatic heterocycles. The highest BCUT2D eigenvalue weighted by atomic mass is 16.6. The van der Waals surface area contributed by atoms with Gasteiger partial charge in [0.25, 0.3) is 5.91 Å². The fraction of sp³-hybridized carbons (Fsp3) is 0.643. The normalized spacial score (nSPS) is 22.3. The van der Waals surface area contributed by atoms with Crippen molar-refractivity contribution in [2.45, 2.75) is 45.0 Å². The maximum absolute atomic E-state index is 12.5. The van der Waals surface area contributed by atoms with E-state index in [-0.39, 0.29) is 6.61 Å². The Morgan fingerprint density at radius 3 is 2.73 bits per heavy atom. The number of morpholine rings is 1. The number of amides is 1. The number of aromatic amines is 1. The Morgan fingerprint density at radius 1 is 1.50 bits per heavy atom. The predicted molar refractivity (Wildman–Crippen MR) is 77.1 cm³/mol. The number of aromatic nitrogens is 2. The van der Waals surface area contributed by atoms with Gasteiger partial charge in [-0.2, -0.15) is 5.10 Å². The highest BCUT2D eigenvalue weighted by Crippen LogP contribution is 2.25. The fourth-order valence-electron chi connectivity index (χ4n) is 2.11. The molecule has 0 spiro atoms. The molecule has 8 nitrogen and oxygen atoms in total. The lowest BCUT2D eigenvalue weighted by Gasteiger charge is -2.38. The second-order valence-corrected chi connectivity index (χ2v) is 6.33. The van der Waals surface area contributed by atoms with Gasteiger partial charge in [0.15, 0.2) is 11.7 Å². The second-order valence-electron chi connectivity index (χ2n) is 6.33. The lowest BCUT2D eigenvalue weighted by molar-refractivity contribution is -0.194. The third-order valence-corrected chi connectivity index (χ3v) is 3.19. The molecule has 1 aromatic rings. The molecular weight excluding hydrogens is 290 g/mol. The van der Waals surface area contributed by atoms with Crippen LogP contribution in [0.5, 0.6) is 0 Å². The minimum atomic E-state index is -2.08. The maximum atomic E-state index is 12.5. The van der Waals surface area contributed by atoms with Crippen LogP contribution in [0.1, 0.15) is 27.7 Å². The first-order valence-electron chi connectivity index (χ1n) is 7.01. The van der Waals surface area contributed by atoms with Crippen LogP contribution in [0.15, 0.2) is 12.3 Å². The van der Waals surface area contributed by atoms with Crippen molar-refractivity contribution >= 4 is 17.7 Å². The minimum absolute atomic E-state index is 0.189. The van der Waals surface area contributed by atoms with Crippen molar-refractivity contribution in [3.05, 3.63) is 12.3 Å². The van der Waals surface area contributed by atoms with Gasteiger partial charge in [0.1, 0.15) is 11.4 Å². The van der Waals surface area contributed by atoms with Gasteiger partial charge in [-0.1, -0.05) is 0 Å². The zero-order chi connectivity index (χ0) is 16.5. The largest absolute Gasteiger partial charge is 0.458 e. The average Bonchev–Trinajstić information content (AvgIpc) is 2.90. The summed E-state index contributed by atoms with van der Waals surface area (Å²) in [5.74, 6) is -0.936. The summed E-state index contributed by atoms with van der Waals surface area (Å²) in [5, 5.41) is 17.0. The summed E-state index contributed by atoms with van der Waals surface area (Å²) in [6.07, 6.45) is 0.179. The molecule has 0 saturated carbocycles. The summed E-state index contributed by atoms with van der Waals surface area (Å²) >= 11 is 0. The van der Waals surface area contributed by atoms with E-state index in [0.29, 0.717) is 12.4 Å². The van der Waals surface area contributed by atoms with Gasteiger partial charge in [-0.05, 0) is 27.7 Å². The van der Waals surface area contributed by atoms with Crippen molar-refractivity contribution in [1.29, 1.82) is 0 Å². The number of nitrogens with one attached hydrogen (secondary N) is 1. The number of hydrogen-bond acceptors (Lipinski definition) is 6. The zero-order valence-corrected chi connectivity index (χ0v) is 13.1. The van der Waals surface area contributed by atoms with E-state index in [0.717, 1.165) is 0 Å². The summed E-state index contributed by atoms with van der Waals surface area (Å²) in [4.78, 5) is 26.1. The summed E-state index contributed by atoms with van der Waals surface area (Å²) < 4.78 is 10.5. The summed E-state index contributed by atoms with van der Waals surface area (Å²) in [6, 6.07) is 1.63. The molecule has 2 unspecified atom stereocenters. The van der Waals surface area contributed by atoms with Crippen LogP contribution in [0, 0.1) is 0 Å². The topological polar surface area (TPSA) is 105 Å². The number of aliphatic hydroxyl groups is 1. The van der Waals surface area contributed by atoms with Crippen molar-refractivity contribution in [3.63, 3.8) is 0 Å². The zero-order valence-electron chi connectivity index (χ0n) is 13.1. The van der Waals surface area contributed by atoms with Gasteiger partial charge in [0.2, 0.25) is 0 Å². The first-order valence-corrected chi connectivity index (χ1v) is 7.01. The molecule has 1 aliphatic rings. The molecule has 2 atom stereocenters. The average molecular weight is 311 g/mol. The highest BCUT2D eigenvalue weighted by molar-refractivity contribution is 6.01. The van der Waals surface area contributed by atoms with Gasteiger partial charge in [0, 0.05) is 6.07 Å². The first-order chi connectivity index (χ1) is 10.1. The SMILES string of the molecule is CC(C)(C)OC(=O)C(C)(O)C1OCCN(c2ccn[nH]2)C1=O. The van der Waals surface area contributed by atoms with Crippen LogP contribution in [0.25, 0.3) is 0 Å². The van der Waals surface area contributed by atoms with Crippen LogP contribution < -0.4 is 4.90 Å². The molecule has 0 aliphatic carbocycles. The van der Waals surface area contributed by atoms with Gasteiger partial charge in [0.05, 0.1) is 19.3 Å². The molecule has 22 heavy (non-hydrogen) atoms. The molecule has 122 valence electrons. The monoisotopic (exact) mass is 311 g/mol. The smallest absolute Gasteiger partial charge is 0.341 e. The second kappa shape index (κ2) is 5.69. The summed E-state index contributed by atoms with van der Waals surface area (Å²) in [7, 11) is 0. The lowest BCUT2D eigenvalue weighted by atomic mass is 9.96. The molecule has 8 heteroatoms. The quantitative estimate of drug-likeness (QED) is 0.775. The van der Waals surface area contributed by atoms with Crippen molar-refractivity contribution in [2.75, 3.05) is 18.1 Å². The van der Waals surface area contributed by atoms with E-state index < -0.39 is 29.2 Å². The van der Waals surface area contributed by atoms with E-state index in [4.69, 9.17) is 9.47 Å². The molecule has 2 N–H and O–H groups in total. The molecule has 1 amide bonds. The van der Waals surface area contributed by atoms with Crippen LogP contribution in [-0.4, -0.2) is 57.6 Å². The molecule has 1 fully saturated rings. The van der Waals surface area contributed by atoms with E-state index in [2.05, 4.69) is 10.2 Å². The Bertz CT molecular complexity index is 547. The molecule has 0 bridgehead atoms. The van der Waals surface area contributed by atoms with E-state index >= 15 is 0 Å². The number of nitrogens with zero attached hydrogens (tertiary/aromatic N) is 2. The Morgan fingerprint density at radius 2 is 2.18 bits per heavy atom. The first kappa shape index (κ1) is 16.4. The van der Waals surface area contributed by atoms with Crippen LogP contribution in [0.2, 0.25) is 0 Å². The van der Waals surface area contributed by atoms with Gasteiger partial charge in [-0.25, -0.2) is 4.79 Å². The fourth-order valence-corrected chi connectivity index (χ4v) is 2.11. The van der Waals surface area contributed by atoms with Crippen molar-refractivity contribution in [3.8, 4) is 0 Å². The Kier molecular flexibility index (Phi) is 4.25. The number of carbonyl (C=O) groups excluding carboxylic acids is 2. The molecule has 1 aliphatic heterocycles. The maximum Gasteiger partial charge on any atom is 0.341 e. The van der Waals surface area contributed by atoms with Crippen LogP contribution in [0.4, 0.5) is 5.82 Å². The standard InChI is InChI=1S/C14H21N3O5/c1-13(2,3)22-12(19)14(4,20)10-11(18)17(7-8-21-10)9-5-6-15-16-9/h5-6,10,20H,7-8H2,1-4H3,(H,15,16). The lowest BCUT2D eigenvalue weighted by Crippen LogP contribution is -2.61. The molecule has 2 rings (SSSR count). The van der Waals surface area contributed by atoms with E-state index in [9.17, 15) is 14.7 Å². The van der Waals surface area contributed by atoms with Gasteiger partial charge >= 0.3 is 5.97 Å². The Balaban J connectivity index is 2.19. The molecular formula is C14H21N3O5. The van der Waals surface area contributed by atoms with Crippen LogP contribution >= 0.6 is 0 Å². The highest BCUT2D eigenvalue weighted by Gasteiger charge is 2.50. The molecule has 1 saturated heterocycles. The van der Waals surface area contributed by atoms with Crippen molar-refractivity contribution in [2.24, 2.45) is 0 Å². The number of esters is 1. The van der Waals surface area contributed by atoms with Crippen LogP contribution in [-0.2, 0) is 19.1 Å². The summed E-state index contributed by atoms with van der Waals surface area (Å²) in [6.45, 7) is 6.76. The molecule has 0 radical (unpaired) electrons. The number of ether oxygens (including phenoxy) is 2. The molecule has 2 heterocycles. The van der Waals surface area contributed by atoms with E-state index in [1.54, 1.807) is 26.8 Å². The van der Waals surface area contributed by atoms with Gasteiger partial charge in [-0.3, -0.25) is 14.8 Å². The Labute approximate surface area is 128 Å².